The van der Waals surface area contributed by atoms with Crippen LogP contribution in [-0.4, -0.2) is 62.2 Å². The quantitative estimate of drug-likeness (QED) is 0.523. The Kier molecular flexibility index (Phi) is 6.79. The lowest BCUT2D eigenvalue weighted by atomic mass is 9.99. The van der Waals surface area contributed by atoms with E-state index in [0.29, 0.717) is 0 Å². The Morgan fingerprint density at radius 1 is 1.24 bits per heavy atom. The molecule has 2 N–H and O–H groups in total. The molecule has 1 fully saturated rings. The second-order valence-corrected chi connectivity index (χ2v) is 9.36. The van der Waals surface area contributed by atoms with Gasteiger partial charge in [0.15, 0.2) is 5.54 Å². The van der Waals surface area contributed by atoms with Gasteiger partial charge < -0.3 is 19.8 Å². The molecule has 4 amide bonds. The van der Waals surface area contributed by atoms with E-state index in [-0.39, 0.29) is 35.2 Å². The predicted molar refractivity (Wildman–Crippen MR) is 118 cm³/mol. The molecule has 3 rings (SSSR count). The van der Waals surface area contributed by atoms with Crippen LogP contribution in [0.3, 0.4) is 0 Å². The molecule has 0 spiro atoms. The molecule has 1 aliphatic heterocycles. The highest BCUT2D eigenvalue weighted by Crippen LogP contribution is 2.31. The molecule has 1 unspecified atom stereocenters. The van der Waals surface area contributed by atoms with Gasteiger partial charge in [0.25, 0.3) is 5.91 Å². The Labute approximate surface area is 191 Å². The van der Waals surface area contributed by atoms with E-state index in [4.69, 9.17) is 9.15 Å². The van der Waals surface area contributed by atoms with Crippen molar-refractivity contribution in [3.63, 3.8) is 0 Å². The summed E-state index contributed by atoms with van der Waals surface area (Å²) in [6, 6.07) is 6.47. The molecule has 0 bridgehead atoms. The number of rotatable bonds is 9. The molecule has 0 radical (unpaired) electrons. The molecule has 1 aliphatic rings. The second-order valence-electron chi connectivity index (χ2n) is 7.42. The highest BCUT2D eigenvalue weighted by Gasteiger charge is 2.51. The Hall–Kier alpha value is -3.38. The number of ether oxygens (including phenoxy) is 1. The monoisotopic (exact) mass is 478 g/mol. The van der Waals surface area contributed by atoms with E-state index in [0.717, 1.165) is 4.90 Å². The minimum absolute atomic E-state index is 0.0253. The molecule has 0 saturated carbocycles. The van der Waals surface area contributed by atoms with E-state index in [1.54, 1.807) is 26.0 Å². The van der Waals surface area contributed by atoms with Crippen LogP contribution in [-0.2, 0) is 25.2 Å². The van der Waals surface area contributed by atoms with Gasteiger partial charge in [-0.3, -0.25) is 14.5 Å². The third kappa shape index (κ3) is 4.44. The van der Waals surface area contributed by atoms with Crippen LogP contribution in [0.5, 0.6) is 5.75 Å². The third-order valence-electron chi connectivity index (χ3n) is 5.38. The smallest absolute Gasteiger partial charge is 0.325 e. The van der Waals surface area contributed by atoms with Crippen molar-refractivity contribution in [2.24, 2.45) is 0 Å². The fourth-order valence-electron chi connectivity index (χ4n) is 3.56. The first-order valence-electron chi connectivity index (χ1n) is 10.2. The average molecular weight is 479 g/mol. The molecule has 2 aromatic rings. The second kappa shape index (κ2) is 9.24. The first-order valence-corrected chi connectivity index (χ1v) is 11.7. The summed E-state index contributed by atoms with van der Waals surface area (Å²) in [6.07, 6.45) is 1.38. The SMILES string of the molecule is CCN(CC)S(=O)(=O)c1ccc(OC)c(NC(=O)CN2C(=O)NC(C)(c3ccco3)C2=O)c1. The number of carbonyl (C=O) groups excluding carboxylic acids is 3. The zero-order chi connectivity index (χ0) is 24.4. The maximum absolute atomic E-state index is 12.9. The largest absolute Gasteiger partial charge is 0.495 e. The van der Waals surface area contributed by atoms with Gasteiger partial charge in [-0.1, -0.05) is 13.8 Å². The van der Waals surface area contributed by atoms with Crippen LogP contribution >= 0.6 is 0 Å². The van der Waals surface area contributed by atoms with E-state index in [1.165, 1.54) is 42.8 Å². The topological polar surface area (TPSA) is 138 Å². The number of methoxy groups -OCH3 is 1. The number of urea groups is 1. The van der Waals surface area contributed by atoms with E-state index >= 15 is 0 Å². The standard InChI is InChI=1S/C21H26N4O7S/c1-5-24(6-2)33(29,30)14-9-10-16(31-4)15(12-14)22-18(26)13-25-19(27)21(3,23-20(25)28)17-8-7-11-32-17/h7-12H,5-6,13H2,1-4H3,(H,22,26)(H,23,28). The van der Waals surface area contributed by atoms with E-state index in [2.05, 4.69) is 10.6 Å². The Morgan fingerprint density at radius 2 is 1.94 bits per heavy atom. The van der Waals surface area contributed by atoms with Crippen LogP contribution in [0, 0.1) is 0 Å². The summed E-state index contributed by atoms with van der Waals surface area (Å²) in [5.74, 6) is -0.903. The lowest BCUT2D eigenvalue weighted by molar-refractivity contribution is -0.134. The Bertz CT molecular complexity index is 1160. The van der Waals surface area contributed by atoms with Crippen molar-refractivity contribution in [2.45, 2.75) is 31.2 Å². The number of nitrogens with zero attached hydrogens (tertiary/aromatic N) is 2. The first-order chi connectivity index (χ1) is 15.6. The van der Waals surface area contributed by atoms with Gasteiger partial charge in [-0.05, 0) is 37.3 Å². The van der Waals surface area contributed by atoms with Gasteiger partial charge in [0, 0.05) is 13.1 Å². The van der Waals surface area contributed by atoms with Crippen molar-refractivity contribution in [3.05, 3.63) is 42.4 Å². The van der Waals surface area contributed by atoms with Gasteiger partial charge in [-0.15, -0.1) is 0 Å². The molecule has 1 aromatic heterocycles. The number of furan rings is 1. The molecule has 0 aliphatic carbocycles. The maximum Gasteiger partial charge on any atom is 0.325 e. The third-order valence-corrected chi connectivity index (χ3v) is 7.42. The van der Waals surface area contributed by atoms with Crippen molar-refractivity contribution >= 4 is 33.6 Å². The Morgan fingerprint density at radius 3 is 2.52 bits per heavy atom. The molecule has 12 heteroatoms. The van der Waals surface area contributed by atoms with Gasteiger partial charge in [0.1, 0.15) is 18.1 Å². The zero-order valence-corrected chi connectivity index (χ0v) is 19.6. The summed E-state index contributed by atoms with van der Waals surface area (Å²) < 4.78 is 37.4. The zero-order valence-electron chi connectivity index (χ0n) is 18.7. The Balaban J connectivity index is 1.82. The van der Waals surface area contributed by atoms with Crippen molar-refractivity contribution in [1.82, 2.24) is 14.5 Å². The van der Waals surface area contributed by atoms with Crippen LogP contribution in [0.25, 0.3) is 0 Å². The molecule has 1 atom stereocenters. The van der Waals surface area contributed by atoms with Gasteiger partial charge in [0.05, 0.1) is 24.0 Å². The molecule has 2 heterocycles. The lowest BCUT2D eigenvalue weighted by Gasteiger charge is -2.20. The molecule has 11 nitrogen and oxygen atoms in total. The molecular formula is C21H26N4O7S. The predicted octanol–water partition coefficient (Wildman–Crippen LogP) is 1.72. The van der Waals surface area contributed by atoms with E-state index < -0.39 is 40.0 Å². The minimum atomic E-state index is -3.78. The van der Waals surface area contributed by atoms with Crippen LogP contribution in [0.4, 0.5) is 10.5 Å². The molecule has 178 valence electrons. The number of benzene rings is 1. The molecule has 33 heavy (non-hydrogen) atoms. The number of hydrogen-bond acceptors (Lipinski definition) is 7. The number of nitrogens with one attached hydrogen (secondary N) is 2. The van der Waals surface area contributed by atoms with Crippen molar-refractivity contribution in [3.8, 4) is 5.75 Å². The van der Waals surface area contributed by atoms with Gasteiger partial charge in [-0.2, -0.15) is 4.31 Å². The molecule has 1 saturated heterocycles. The normalized spacial score (nSPS) is 18.5. The van der Waals surface area contributed by atoms with E-state index in [1.807, 2.05) is 0 Å². The number of hydrogen-bond donors (Lipinski definition) is 2. The van der Waals surface area contributed by atoms with Crippen molar-refractivity contribution < 1.29 is 32.0 Å². The van der Waals surface area contributed by atoms with Crippen LogP contribution in [0.1, 0.15) is 26.5 Å². The number of carbonyl (C=O) groups is 3. The van der Waals surface area contributed by atoms with Crippen LogP contribution in [0.15, 0.2) is 45.9 Å². The average Bonchev–Trinajstić information content (AvgIpc) is 3.39. The maximum atomic E-state index is 12.9. The van der Waals surface area contributed by atoms with Gasteiger partial charge in [0.2, 0.25) is 15.9 Å². The summed E-state index contributed by atoms with van der Waals surface area (Å²) in [5.41, 5.74) is -1.34. The van der Waals surface area contributed by atoms with Crippen LogP contribution in [0.2, 0.25) is 0 Å². The van der Waals surface area contributed by atoms with E-state index in [9.17, 15) is 22.8 Å². The van der Waals surface area contributed by atoms with Crippen molar-refractivity contribution in [1.29, 1.82) is 0 Å². The van der Waals surface area contributed by atoms with Gasteiger partial charge in [-0.25, -0.2) is 13.2 Å². The van der Waals surface area contributed by atoms with Crippen LogP contribution < -0.4 is 15.4 Å². The number of anilines is 1. The number of imide groups is 1. The van der Waals surface area contributed by atoms with Crippen molar-refractivity contribution in [2.75, 3.05) is 32.1 Å². The summed E-state index contributed by atoms with van der Waals surface area (Å²) in [4.78, 5) is 38.7. The summed E-state index contributed by atoms with van der Waals surface area (Å²) in [7, 11) is -2.41. The summed E-state index contributed by atoms with van der Waals surface area (Å²) >= 11 is 0. The van der Waals surface area contributed by atoms with Gasteiger partial charge >= 0.3 is 6.03 Å². The number of sulfonamides is 1. The first kappa shape index (κ1) is 24.3. The highest BCUT2D eigenvalue weighted by molar-refractivity contribution is 7.89. The lowest BCUT2D eigenvalue weighted by Crippen LogP contribution is -2.41. The fourth-order valence-corrected chi connectivity index (χ4v) is 5.05. The highest BCUT2D eigenvalue weighted by atomic mass is 32.2. The fraction of sp³-hybridized carbons (Fsp3) is 0.381. The molecular weight excluding hydrogens is 452 g/mol. The molecule has 1 aromatic carbocycles. The minimum Gasteiger partial charge on any atom is -0.495 e. The summed E-state index contributed by atoms with van der Waals surface area (Å²) in [6.45, 7) is 4.91. The summed E-state index contributed by atoms with van der Waals surface area (Å²) in [5, 5.41) is 5.07. The number of amides is 4.